The molecule has 9 nitrogen and oxygen atoms in total. The Balaban J connectivity index is 1.55. The van der Waals surface area contributed by atoms with Crippen LogP contribution in [0.2, 0.25) is 0 Å². The van der Waals surface area contributed by atoms with Crippen LogP contribution in [0.5, 0.6) is 11.5 Å². The molecule has 1 heterocycles. The normalized spacial score (nSPS) is 15.9. The lowest BCUT2D eigenvalue weighted by Gasteiger charge is -2.32. The number of rotatable bonds is 10. The fourth-order valence-electron chi connectivity index (χ4n) is 4.62. The van der Waals surface area contributed by atoms with Crippen LogP contribution in [0.1, 0.15) is 38.2 Å². The molecular formula is C26H33N3O6S. The van der Waals surface area contributed by atoms with E-state index in [2.05, 4.69) is 5.32 Å². The van der Waals surface area contributed by atoms with Crippen LogP contribution in [0.4, 0.5) is 5.69 Å². The molecule has 2 aromatic carbocycles. The van der Waals surface area contributed by atoms with Crippen molar-refractivity contribution in [1.82, 2.24) is 10.2 Å². The second-order valence-corrected chi connectivity index (χ2v) is 11.2. The van der Waals surface area contributed by atoms with Crippen molar-refractivity contribution in [1.29, 1.82) is 0 Å². The van der Waals surface area contributed by atoms with E-state index in [9.17, 15) is 18.0 Å². The summed E-state index contributed by atoms with van der Waals surface area (Å²) in [6.07, 6.45) is 5.61. The topological polar surface area (TPSA) is 105 Å². The third kappa shape index (κ3) is 6.29. The lowest BCUT2D eigenvalue weighted by Crippen LogP contribution is -2.53. The maximum Gasteiger partial charge on any atom is 0.244 e. The predicted octanol–water partition coefficient (Wildman–Crippen LogP) is 2.70. The van der Waals surface area contributed by atoms with Gasteiger partial charge in [-0.05, 0) is 43.9 Å². The van der Waals surface area contributed by atoms with Crippen molar-refractivity contribution in [2.45, 2.75) is 51.1 Å². The third-order valence-electron chi connectivity index (χ3n) is 6.68. The predicted molar refractivity (Wildman–Crippen MR) is 136 cm³/mol. The average Bonchev–Trinajstić information content (AvgIpc) is 3.54. The molecule has 0 radical (unpaired) electrons. The zero-order chi connectivity index (χ0) is 25.7. The summed E-state index contributed by atoms with van der Waals surface area (Å²) in [7, 11) is -3.81. The van der Waals surface area contributed by atoms with Crippen molar-refractivity contribution in [3.8, 4) is 11.5 Å². The molecule has 4 rings (SSSR count). The van der Waals surface area contributed by atoms with Gasteiger partial charge in [-0.1, -0.05) is 43.2 Å². The Hall–Kier alpha value is -3.27. The molecule has 1 atom stereocenters. The molecule has 2 aliphatic rings. The van der Waals surface area contributed by atoms with Gasteiger partial charge in [0, 0.05) is 18.7 Å². The number of benzene rings is 2. The Bertz CT molecular complexity index is 1180. The number of ether oxygens (including phenoxy) is 2. The van der Waals surface area contributed by atoms with Crippen LogP contribution in [0.25, 0.3) is 0 Å². The van der Waals surface area contributed by atoms with E-state index < -0.39 is 28.5 Å². The number of sulfonamides is 1. The van der Waals surface area contributed by atoms with Crippen LogP contribution in [0, 0.1) is 0 Å². The van der Waals surface area contributed by atoms with Gasteiger partial charge < -0.3 is 19.7 Å². The smallest absolute Gasteiger partial charge is 0.244 e. The molecule has 1 aliphatic heterocycles. The first-order valence-electron chi connectivity index (χ1n) is 12.2. The van der Waals surface area contributed by atoms with Crippen LogP contribution in [-0.4, -0.2) is 63.4 Å². The fourth-order valence-corrected chi connectivity index (χ4v) is 5.46. The van der Waals surface area contributed by atoms with Gasteiger partial charge in [-0.25, -0.2) is 8.42 Å². The summed E-state index contributed by atoms with van der Waals surface area (Å²) < 4.78 is 37.1. The van der Waals surface area contributed by atoms with Crippen molar-refractivity contribution in [2.24, 2.45) is 0 Å². The largest absolute Gasteiger partial charge is 0.454 e. The Labute approximate surface area is 212 Å². The number of anilines is 1. The highest BCUT2D eigenvalue weighted by Gasteiger charge is 2.31. The molecule has 1 fully saturated rings. The number of carbonyl (C=O) groups excluding carboxylic acids is 2. The highest BCUT2D eigenvalue weighted by molar-refractivity contribution is 7.92. The SMILES string of the molecule is C[C@H](C(=O)NC1CCCC1)N(CCc1ccccc1)C(=O)CN(c1ccc2c(c1)OCO2)S(C)(=O)=O. The number of fused-ring (bicyclic) bond motifs is 1. The first-order valence-corrected chi connectivity index (χ1v) is 14.1. The average molecular weight is 516 g/mol. The van der Waals surface area contributed by atoms with E-state index in [0.29, 0.717) is 23.6 Å². The molecular weight excluding hydrogens is 482 g/mol. The van der Waals surface area contributed by atoms with Gasteiger partial charge >= 0.3 is 0 Å². The van der Waals surface area contributed by atoms with E-state index in [4.69, 9.17) is 9.47 Å². The maximum absolute atomic E-state index is 13.6. The van der Waals surface area contributed by atoms with E-state index >= 15 is 0 Å². The summed E-state index contributed by atoms with van der Waals surface area (Å²) in [6.45, 7) is 1.59. The summed E-state index contributed by atoms with van der Waals surface area (Å²) >= 11 is 0. The fraction of sp³-hybridized carbons (Fsp3) is 0.462. The van der Waals surface area contributed by atoms with Crippen molar-refractivity contribution >= 4 is 27.5 Å². The molecule has 0 aromatic heterocycles. The van der Waals surface area contributed by atoms with E-state index in [0.717, 1.165) is 41.8 Å². The molecule has 1 N–H and O–H groups in total. The number of hydrogen-bond acceptors (Lipinski definition) is 6. The van der Waals surface area contributed by atoms with Crippen LogP contribution in [0.15, 0.2) is 48.5 Å². The monoisotopic (exact) mass is 515 g/mol. The first-order chi connectivity index (χ1) is 17.2. The Kier molecular flexibility index (Phi) is 8.03. The van der Waals surface area contributed by atoms with Crippen LogP contribution in [-0.2, 0) is 26.0 Å². The van der Waals surface area contributed by atoms with Gasteiger partial charge in [-0.2, -0.15) is 0 Å². The molecule has 0 bridgehead atoms. The summed E-state index contributed by atoms with van der Waals surface area (Å²) in [6, 6.07) is 13.8. The van der Waals surface area contributed by atoms with E-state index in [1.165, 1.54) is 4.90 Å². The lowest BCUT2D eigenvalue weighted by molar-refractivity contribution is -0.139. The molecule has 1 aliphatic carbocycles. The number of carbonyl (C=O) groups is 2. The van der Waals surface area contributed by atoms with E-state index in [1.807, 2.05) is 30.3 Å². The number of nitrogens with one attached hydrogen (secondary N) is 1. The molecule has 36 heavy (non-hydrogen) atoms. The van der Waals surface area contributed by atoms with Crippen LogP contribution >= 0.6 is 0 Å². The molecule has 0 spiro atoms. The highest BCUT2D eigenvalue weighted by Crippen LogP contribution is 2.36. The van der Waals surface area contributed by atoms with E-state index in [1.54, 1.807) is 25.1 Å². The van der Waals surface area contributed by atoms with Crippen molar-refractivity contribution in [2.75, 3.05) is 30.4 Å². The second-order valence-electron chi connectivity index (χ2n) is 9.30. The van der Waals surface area contributed by atoms with Gasteiger partial charge in [0.25, 0.3) is 0 Å². The van der Waals surface area contributed by atoms with Crippen LogP contribution < -0.4 is 19.1 Å². The zero-order valence-corrected chi connectivity index (χ0v) is 21.5. The zero-order valence-electron chi connectivity index (χ0n) is 20.7. The molecule has 2 amide bonds. The first kappa shape index (κ1) is 25.8. The second kappa shape index (κ2) is 11.2. The Morgan fingerprint density at radius 1 is 1.06 bits per heavy atom. The Morgan fingerprint density at radius 2 is 1.75 bits per heavy atom. The van der Waals surface area contributed by atoms with Gasteiger partial charge in [0.15, 0.2) is 11.5 Å². The van der Waals surface area contributed by atoms with Gasteiger partial charge in [-0.15, -0.1) is 0 Å². The quantitative estimate of drug-likeness (QED) is 0.522. The molecule has 0 unspecified atom stereocenters. The number of nitrogens with zero attached hydrogens (tertiary/aromatic N) is 2. The van der Waals surface area contributed by atoms with Crippen LogP contribution in [0.3, 0.4) is 0 Å². The van der Waals surface area contributed by atoms with Gasteiger partial charge in [0.2, 0.25) is 28.6 Å². The summed E-state index contributed by atoms with van der Waals surface area (Å²) in [5.41, 5.74) is 1.32. The maximum atomic E-state index is 13.6. The molecule has 2 aromatic rings. The van der Waals surface area contributed by atoms with Gasteiger partial charge in [-0.3, -0.25) is 13.9 Å². The lowest BCUT2D eigenvalue weighted by atomic mass is 10.1. The van der Waals surface area contributed by atoms with Crippen molar-refractivity contribution in [3.05, 3.63) is 54.1 Å². The summed E-state index contributed by atoms with van der Waals surface area (Å²) in [5.74, 6) is 0.249. The molecule has 0 saturated heterocycles. The molecule has 1 saturated carbocycles. The minimum atomic E-state index is -3.81. The third-order valence-corrected chi connectivity index (χ3v) is 7.82. The number of amides is 2. The summed E-state index contributed by atoms with van der Waals surface area (Å²) in [5, 5.41) is 3.06. The number of hydrogen-bond donors (Lipinski definition) is 1. The van der Waals surface area contributed by atoms with Crippen molar-refractivity contribution < 1.29 is 27.5 Å². The molecule has 10 heteroatoms. The van der Waals surface area contributed by atoms with Gasteiger partial charge in [0.05, 0.1) is 11.9 Å². The summed E-state index contributed by atoms with van der Waals surface area (Å²) in [4.78, 5) is 28.1. The minimum absolute atomic E-state index is 0.0531. The standard InChI is InChI=1S/C26H33N3O6S/c1-19(26(31)27-21-10-6-7-11-21)28(15-14-20-8-4-3-5-9-20)25(30)17-29(36(2,32)33)22-12-13-23-24(16-22)35-18-34-23/h3-5,8-9,12-13,16,19,21H,6-7,10-11,14-15,17-18H2,1-2H3,(H,27,31)/t19-/m1/s1. The highest BCUT2D eigenvalue weighted by atomic mass is 32.2. The minimum Gasteiger partial charge on any atom is -0.454 e. The van der Waals surface area contributed by atoms with Crippen molar-refractivity contribution in [3.63, 3.8) is 0 Å². The van der Waals surface area contributed by atoms with Gasteiger partial charge in [0.1, 0.15) is 12.6 Å². The molecule has 194 valence electrons. The Morgan fingerprint density at radius 3 is 2.44 bits per heavy atom. The van der Waals surface area contributed by atoms with E-state index in [-0.39, 0.29) is 25.3 Å².